The third kappa shape index (κ3) is 9.40. The van der Waals surface area contributed by atoms with Gasteiger partial charge in [-0.15, -0.1) is 0 Å². The zero-order valence-electron chi connectivity index (χ0n) is 8.20. The van der Waals surface area contributed by atoms with Crippen LogP contribution in [0.4, 0.5) is 0 Å². The fourth-order valence-corrected chi connectivity index (χ4v) is 0.582. The fraction of sp³-hybridized carbons (Fsp3) is 0.600. The molecule has 0 spiro atoms. The maximum absolute atomic E-state index is 9.26. The van der Waals surface area contributed by atoms with E-state index in [0.717, 1.165) is 0 Å². The van der Waals surface area contributed by atoms with Crippen molar-refractivity contribution in [1.29, 1.82) is 0 Å². The summed E-state index contributed by atoms with van der Waals surface area (Å²) in [5.74, 6) is 0. The van der Waals surface area contributed by atoms with E-state index in [1.54, 1.807) is 52.0 Å². The second-order valence-electron chi connectivity index (χ2n) is 4.03. The van der Waals surface area contributed by atoms with E-state index in [0.29, 0.717) is 0 Å². The van der Waals surface area contributed by atoms with Gasteiger partial charge in [0.05, 0.1) is 11.2 Å². The topological polar surface area (TPSA) is 40.5 Å². The van der Waals surface area contributed by atoms with Gasteiger partial charge in [0.2, 0.25) is 0 Å². The minimum Gasteiger partial charge on any atom is -0.386 e. The monoisotopic (exact) mass is 170 g/mol. The first kappa shape index (κ1) is 11.4. The average Bonchev–Trinajstić information content (AvgIpc) is 1.76. The predicted octanol–water partition coefficient (Wildman–Crippen LogP) is 1.64. The molecule has 0 bridgehead atoms. The van der Waals surface area contributed by atoms with Crippen molar-refractivity contribution in [3.8, 4) is 0 Å². The Labute approximate surface area is 74.2 Å². The van der Waals surface area contributed by atoms with Crippen molar-refractivity contribution >= 4 is 0 Å². The van der Waals surface area contributed by atoms with Gasteiger partial charge in [-0.2, -0.15) is 0 Å². The lowest BCUT2D eigenvalue weighted by Gasteiger charge is -2.10. The fourth-order valence-electron chi connectivity index (χ4n) is 0.582. The number of allylic oxidation sites excluding steroid dienone is 2. The lowest BCUT2D eigenvalue weighted by atomic mass is 10.1. The molecule has 0 aromatic rings. The molecule has 2 nitrogen and oxygen atoms in total. The molecule has 0 fully saturated rings. The Kier molecular flexibility index (Phi) is 3.68. The first-order valence-electron chi connectivity index (χ1n) is 4.02. The first-order chi connectivity index (χ1) is 5.21. The molecule has 0 aromatic heterocycles. The van der Waals surface area contributed by atoms with Crippen molar-refractivity contribution in [2.75, 3.05) is 0 Å². The summed E-state index contributed by atoms with van der Waals surface area (Å²) in [5, 5.41) is 18.5. The minimum atomic E-state index is -0.788. The molecule has 0 heterocycles. The van der Waals surface area contributed by atoms with Gasteiger partial charge in [-0.1, -0.05) is 24.3 Å². The van der Waals surface area contributed by atoms with E-state index < -0.39 is 11.2 Å². The van der Waals surface area contributed by atoms with Gasteiger partial charge in [0.25, 0.3) is 0 Å². The van der Waals surface area contributed by atoms with E-state index >= 15 is 0 Å². The van der Waals surface area contributed by atoms with Crippen LogP contribution in [0, 0.1) is 0 Å². The Hall–Kier alpha value is -0.600. The zero-order valence-corrected chi connectivity index (χ0v) is 8.20. The largest absolute Gasteiger partial charge is 0.386 e. The molecule has 0 aliphatic rings. The summed E-state index contributed by atoms with van der Waals surface area (Å²) in [6.45, 7) is 6.78. The summed E-state index contributed by atoms with van der Waals surface area (Å²) >= 11 is 0. The standard InChI is InChI=1S/C10H18O2/c1-9(2,11)7-5-6-8-10(3,4)12/h5-8,11-12H,1-4H3. The lowest BCUT2D eigenvalue weighted by molar-refractivity contribution is 0.131. The highest BCUT2D eigenvalue weighted by atomic mass is 16.3. The molecule has 0 unspecified atom stereocenters. The van der Waals surface area contributed by atoms with Gasteiger partial charge in [0.15, 0.2) is 0 Å². The molecule has 0 rings (SSSR count). The molecule has 2 heteroatoms. The van der Waals surface area contributed by atoms with Crippen LogP contribution in [0.5, 0.6) is 0 Å². The molecule has 0 aliphatic carbocycles. The van der Waals surface area contributed by atoms with Crippen molar-refractivity contribution in [1.82, 2.24) is 0 Å². The molecular formula is C10H18O2. The Morgan fingerprint density at radius 3 is 1.17 bits per heavy atom. The third-order valence-corrected chi connectivity index (χ3v) is 1.12. The number of hydrogen-bond acceptors (Lipinski definition) is 2. The molecule has 0 aromatic carbocycles. The quantitative estimate of drug-likeness (QED) is 0.632. The highest BCUT2D eigenvalue weighted by molar-refractivity contribution is 5.10. The maximum atomic E-state index is 9.26. The van der Waals surface area contributed by atoms with Crippen LogP contribution in [0.1, 0.15) is 27.7 Å². The molecular weight excluding hydrogens is 152 g/mol. The number of hydrogen-bond donors (Lipinski definition) is 2. The molecule has 70 valence electrons. The minimum absolute atomic E-state index is 0.788. The maximum Gasteiger partial charge on any atom is 0.0774 e. The normalized spacial score (nSPS) is 14.8. The number of rotatable bonds is 3. The Bertz CT molecular complexity index is 155. The summed E-state index contributed by atoms with van der Waals surface area (Å²) in [7, 11) is 0. The van der Waals surface area contributed by atoms with Crippen LogP contribution < -0.4 is 0 Å². The second-order valence-corrected chi connectivity index (χ2v) is 4.03. The molecule has 0 saturated carbocycles. The van der Waals surface area contributed by atoms with Crippen LogP contribution in [-0.4, -0.2) is 21.4 Å². The zero-order chi connectivity index (χ0) is 9.83. The molecule has 0 atom stereocenters. The van der Waals surface area contributed by atoms with E-state index in [4.69, 9.17) is 0 Å². The van der Waals surface area contributed by atoms with Gasteiger partial charge in [0.1, 0.15) is 0 Å². The van der Waals surface area contributed by atoms with Crippen LogP contribution in [0.15, 0.2) is 24.3 Å². The molecule has 0 aliphatic heterocycles. The second kappa shape index (κ2) is 3.87. The Morgan fingerprint density at radius 1 is 0.750 bits per heavy atom. The molecule has 2 N–H and O–H groups in total. The van der Waals surface area contributed by atoms with Crippen LogP contribution in [0.3, 0.4) is 0 Å². The molecule has 0 radical (unpaired) electrons. The third-order valence-electron chi connectivity index (χ3n) is 1.12. The van der Waals surface area contributed by atoms with Crippen molar-refractivity contribution < 1.29 is 10.2 Å². The van der Waals surface area contributed by atoms with Gasteiger partial charge < -0.3 is 10.2 Å². The van der Waals surface area contributed by atoms with Gasteiger partial charge in [-0.3, -0.25) is 0 Å². The highest BCUT2D eigenvalue weighted by Crippen LogP contribution is 2.05. The van der Waals surface area contributed by atoms with Crippen molar-refractivity contribution in [3.05, 3.63) is 24.3 Å². The van der Waals surface area contributed by atoms with Crippen LogP contribution in [0.25, 0.3) is 0 Å². The van der Waals surface area contributed by atoms with Crippen molar-refractivity contribution in [2.24, 2.45) is 0 Å². The summed E-state index contributed by atoms with van der Waals surface area (Å²) in [4.78, 5) is 0. The number of aliphatic hydroxyl groups is 2. The summed E-state index contributed by atoms with van der Waals surface area (Å²) in [6, 6.07) is 0. The summed E-state index contributed by atoms with van der Waals surface area (Å²) < 4.78 is 0. The smallest absolute Gasteiger partial charge is 0.0774 e. The Morgan fingerprint density at radius 2 is 1.00 bits per heavy atom. The lowest BCUT2D eigenvalue weighted by Crippen LogP contribution is -2.14. The van der Waals surface area contributed by atoms with E-state index in [2.05, 4.69) is 0 Å². The molecule has 0 amide bonds. The van der Waals surface area contributed by atoms with Crippen molar-refractivity contribution in [2.45, 2.75) is 38.9 Å². The van der Waals surface area contributed by atoms with Gasteiger partial charge in [-0.05, 0) is 27.7 Å². The summed E-state index contributed by atoms with van der Waals surface area (Å²) in [5.41, 5.74) is -1.58. The van der Waals surface area contributed by atoms with E-state index in [-0.39, 0.29) is 0 Å². The van der Waals surface area contributed by atoms with Crippen molar-refractivity contribution in [3.63, 3.8) is 0 Å². The summed E-state index contributed by atoms with van der Waals surface area (Å²) in [6.07, 6.45) is 6.76. The van der Waals surface area contributed by atoms with Crippen LogP contribution in [0.2, 0.25) is 0 Å². The van der Waals surface area contributed by atoms with Crippen LogP contribution in [-0.2, 0) is 0 Å². The SMILES string of the molecule is CC(C)(O)C=CC=CC(C)(C)O. The van der Waals surface area contributed by atoms with Gasteiger partial charge in [-0.25, -0.2) is 0 Å². The van der Waals surface area contributed by atoms with E-state index in [1.807, 2.05) is 0 Å². The van der Waals surface area contributed by atoms with Gasteiger partial charge in [0, 0.05) is 0 Å². The van der Waals surface area contributed by atoms with E-state index in [1.165, 1.54) is 0 Å². The molecule has 12 heavy (non-hydrogen) atoms. The van der Waals surface area contributed by atoms with E-state index in [9.17, 15) is 10.2 Å². The Balaban J connectivity index is 4.00. The first-order valence-corrected chi connectivity index (χ1v) is 4.02. The predicted molar refractivity (Wildman–Crippen MR) is 50.9 cm³/mol. The van der Waals surface area contributed by atoms with Gasteiger partial charge >= 0.3 is 0 Å². The molecule has 0 saturated heterocycles. The van der Waals surface area contributed by atoms with Crippen LogP contribution >= 0.6 is 0 Å². The average molecular weight is 170 g/mol. The highest BCUT2D eigenvalue weighted by Gasteiger charge is 2.06.